The average Bonchev–Trinajstić information content (AvgIpc) is 3.65. The maximum absolute atomic E-state index is 13.9. The van der Waals surface area contributed by atoms with E-state index in [1.54, 1.807) is 0 Å². The molecule has 1 saturated carbocycles. The molecule has 2 heterocycles. The van der Waals surface area contributed by atoms with E-state index >= 15 is 0 Å². The van der Waals surface area contributed by atoms with Crippen molar-refractivity contribution in [3.8, 4) is 0 Å². The van der Waals surface area contributed by atoms with Gasteiger partial charge in [-0.25, -0.2) is 4.39 Å². The van der Waals surface area contributed by atoms with E-state index in [4.69, 9.17) is 19.2 Å². The van der Waals surface area contributed by atoms with E-state index in [0.717, 1.165) is 35.3 Å². The lowest BCUT2D eigenvalue weighted by atomic mass is 9.66. The van der Waals surface area contributed by atoms with E-state index in [-0.39, 0.29) is 41.9 Å². The van der Waals surface area contributed by atoms with Gasteiger partial charge in [-0.1, -0.05) is 48.6 Å². The van der Waals surface area contributed by atoms with Crippen LogP contribution in [0.15, 0.2) is 71.3 Å². The van der Waals surface area contributed by atoms with Gasteiger partial charge in [0, 0.05) is 29.0 Å². The highest BCUT2D eigenvalue weighted by Crippen LogP contribution is 2.51. The molecule has 2 unspecified atom stereocenters. The number of aliphatic imine (C=N–C) groups is 1. The first-order valence-corrected chi connectivity index (χ1v) is 14.0. The maximum atomic E-state index is 13.9. The number of carbonyl (C=O) groups excluding carboxylic acids is 1. The lowest BCUT2D eigenvalue weighted by Gasteiger charge is -2.41. The van der Waals surface area contributed by atoms with E-state index in [0.29, 0.717) is 12.3 Å². The first-order chi connectivity index (χ1) is 18.3. The number of esters is 1. The highest BCUT2D eigenvalue weighted by molar-refractivity contribution is 6.13. The fraction of sp³-hybridized carbons (Fsp3) is 0.515. The molecule has 2 fully saturated rings. The van der Waals surface area contributed by atoms with Crippen molar-refractivity contribution in [2.24, 2.45) is 16.3 Å². The summed E-state index contributed by atoms with van der Waals surface area (Å²) in [6.07, 6.45) is 15.1. The van der Waals surface area contributed by atoms with E-state index in [1.807, 2.05) is 46.8 Å². The third-order valence-electron chi connectivity index (χ3n) is 7.59. The van der Waals surface area contributed by atoms with Crippen molar-refractivity contribution in [3.05, 3.63) is 77.7 Å². The first-order valence-electron chi connectivity index (χ1n) is 14.0. The predicted molar refractivity (Wildman–Crippen MR) is 152 cm³/mol. The molecule has 1 saturated heterocycles. The average molecular weight is 534 g/mol. The van der Waals surface area contributed by atoms with Crippen LogP contribution in [0, 0.1) is 17.2 Å². The Morgan fingerprint density at radius 3 is 2.51 bits per heavy atom. The van der Waals surface area contributed by atoms with E-state index < -0.39 is 11.4 Å². The highest BCUT2D eigenvalue weighted by atomic mass is 19.1. The van der Waals surface area contributed by atoms with Gasteiger partial charge in [-0.05, 0) is 77.7 Å². The van der Waals surface area contributed by atoms with Crippen molar-refractivity contribution >= 4 is 17.3 Å². The fourth-order valence-electron chi connectivity index (χ4n) is 5.87. The largest absolute Gasteiger partial charge is 0.460 e. The minimum atomic E-state index is -0.845. The van der Waals surface area contributed by atoms with Crippen LogP contribution in [0.25, 0.3) is 5.57 Å². The Bertz CT molecular complexity index is 1260. The molecule has 2 aliphatic heterocycles. The predicted octanol–water partition coefficient (Wildman–Crippen LogP) is 7.14. The van der Waals surface area contributed by atoms with Crippen LogP contribution < -0.4 is 0 Å². The van der Waals surface area contributed by atoms with E-state index in [1.165, 1.54) is 12.1 Å². The number of hydrogen-bond acceptors (Lipinski definition) is 5. The summed E-state index contributed by atoms with van der Waals surface area (Å²) in [6, 6.07) is 6.78. The van der Waals surface area contributed by atoms with Gasteiger partial charge in [0.05, 0.1) is 24.7 Å². The molecule has 5 nitrogen and oxygen atoms in total. The molecule has 208 valence electrons. The zero-order valence-electron chi connectivity index (χ0n) is 23.9. The monoisotopic (exact) mass is 533 g/mol. The zero-order valence-corrected chi connectivity index (χ0v) is 23.9. The van der Waals surface area contributed by atoms with Crippen molar-refractivity contribution in [2.75, 3.05) is 0 Å². The molecule has 6 heteroatoms. The zero-order chi connectivity index (χ0) is 28.0. The second kappa shape index (κ2) is 10.3. The van der Waals surface area contributed by atoms with Gasteiger partial charge in [-0.3, -0.25) is 9.79 Å². The van der Waals surface area contributed by atoms with Crippen LogP contribution in [0.5, 0.6) is 0 Å². The smallest absolute Gasteiger partial charge is 0.308 e. The summed E-state index contributed by atoms with van der Waals surface area (Å²) in [5.74, 6) is -0.947. The number of hydrogen-bond donors (Lipinski definition) is 0. The number of rotatable bonds is 6. The Morgan fingerprint density at radius 1 is 1.13 bits per heavy atom. The maximum Gasteiger partial charge on any atom is 0.308 e. The fourth-order valence-corrected chi connectivity index (χ4v) is 5.87. The summed E-state index contributed by atoms with van der Waals surface area (Å²) < 4.78 is 31.8. The minimum Gasteiger partial charge on any atom is -0.460 e. The topological polar surface area (TPSA) is 57.1 Å². The molecule has 5 rings (SSSR count). The summed E-state index contributed by atoms with van der Waals surface area (Å²) in [5.41, 5.74) is 3.44. The van der Waals surface area contributed by atoms with Crippen molar-refractivity contribution in [1.82, 2.24) is 0 Å². The molecule has 2 aliphatic carbocycles. The molecule has 0 aromatic heterocycles. The van der Waals surface area contributed by atoms with Gasteiger partial charge < -0.3 is 14.2 Å². The molecule has 4 atom stereocenters. The van der Waals surface area contributed by atoms with Gasteiger partial charge in [-0.15, -0.1) is 0 Å². The first kappa shape index (κ1) is 27.7. The SMILES string of the molecule is CC(C)(C)OC(=O)C[C@H]1C[C@@H](/C=C/C2=C(c3ccc(F)cc3)C3(C)C=CC=CC3N=C2C2CC2)OC(C)(C)O1. The molecule has 0 spiro atoms. The van der Waals surface area contributed by atoms with E-state index in [2.05, 4.69) is 43.4 Å². The number of ether oxygens (including phenoxy) is 3. The number of nitrogens with zero attached hydrogens (tertiary/aromatic N) is 1. The minimum absolute atomic E-state index is 0.00761. The molecule has 39 heavy (non-hydrogen) atoms. The molecular weight excluding hydrogens is 493 g/mol. The summed E-state index contributed by atoms with van der Waals surface area (Å²) >= 11 is 0. The van der Waals surface area contributed by atoms with Crippen molar-refractivity contribution in [1.29, 1.82) is 0 Å². The van der Waals surface area contributed by atoms with Crippen LogP contribution in [0.2, 0.25) is 0 Å². The van der Waals surface area contributed by atoms with Gasteiger partial charge in [0.15, 0.2) is 5.79 Å². The van der Waals surface area contributed by atoms with Crippen LogP contribution in [-0.2, 0) is 19.0 Å². The number of fused-ring (bicyclic) bond motifs is 1. The second-order valence-corrected chi connectivity index (χ2v) is 12.7. The third-order valence-corrected chi connectivity index (χ3v) is 7.59. The Morgan fingerprint density at radius 2 is 1.85 bits per heavy atom. The van der Waals surface area contributed by atoms with Crippen LogP contribution >= 0.6 is 0 Å². The van der Waals surface area contributed by atoms with Crippen molar-refractivity contribution < 1.29 is 23.4 Å². The molecule has 4 aliphatic rings. The number of halogens is 1. The third kappa shape index (κ3) is 6.33. The lowest BCUT2D eigenvalue weighted by molar-refractivity contribution is -0.290. The number of benzene rings is 1. The molecule has 0 amide bonds. The Hall–Kier alpha value is -2.83. The summed E-state index contributed by atoms with van der Waals surface area (Å²) in [6.45, 7) is 11.6. The van der Waals surface area contributed by atoms with Gasteiger partial charge >= 0.3 is 5.97 Å². The standard InChI is InChI=1S/C33H40FNO4/c1-31(2,3)39-28(36)20-25-19-24(37-32(4,5)38-25)16-17-26-29(21-12-14-23(34)15-13-21)33(6)18-8-7-9-27(33)35-30(26)22-10-11-22/h7-9,12-18,22,24-25,27H,10-11,19-20H2,1-6H3/b17-16+/t24-,25-,27?,33?/m1/s1. The van der Waals surface area contributed by atoms with Crippen LogP contribution in [0.4, 0.5) is 4.39 Å². The Labute approximate surface area is 231 Å². The number of allylic oxidation sites excluding steroid dienone is 4. The highest BCUT2D eigenvalue weighted by Gasteiger charge is 2.44. The van der Waals surface area contributed by atoms with Gasteiger partial charge in [0.2, 0.25) is 0 Å². The quantitative estimate of drug-likeness (QED) is 0.365. The van der Waals surface area contributed by atoms with Crippen molar-refractivity contribution in [3.63, 3.8) is 0 Å². The molecule has 1 aromatic rings. The molecule has 0 bridgehead atoms. The van der Waals surface area contributed by atoms with Crippen LogP contribution in [-0.4, -0.2) is 41.3 Å². The van der Waals surface area contributed by atoms with E-state index in [9.17, 15) is 9.18 Å². The number of carbonyl (C=O) groups is 1. The van der Waals surface area contributed by atoms with Crippen LogP contribution in [0.3, 0.4) is 0 Å². The lowest BCUT2D eigenvalue weighted by Crippen LogP contribution is -2.45. The summed E-state index contributed by atoms with van der Waals surface area (Å²) in [7, 11) is 0. The van der Waals surface area contributed by atoms with Crippen LogP contribution in [0.1, 0.15) is 72.8 Å². The summed E-state index contributed by atoms with van der Waals surface area (Å²) in [5, 5.41) is 0. The Kier molecular flexibility index (Phi) is 7.32. The Balaban J connectivity index is 1.49. The normalized spacial score (nSPS) is 30.3. The molecule has 0 radical (unpaired) electrons. The number of dihydropyridines is 1. The van der Waals surface area contributed by atoms with Gasteiger partial charge in [0.25, 0.3) is 0 Å². The van der Waals surface area contributed by atoms with Gasteiger partial charge in [-0.2, -0.15) is 0 Å². The molecule has 0 N–H and O–H groups in total. The summed E-state index contributed by atoms with van der Waals surface area (Å²) in [4.78, 5) is 17.8. The molecular formula is C33H40FNO4. The van der Waals surface area contributed by atoms with Gasteiger partial charge in [0.1, 0.15) is 11.4 Å². The van der Waals surface area contributed by atoms with Crippen molar-refractivity contribution in [2.45, 2.75) is 96.9 Å². The molecule has 1 aromatic carbocycles. The second-order valence-electron chi connectivity index (χ2n) is 12.7.